The maximum absolute atomic E-state index is 12.3. The van der Waals surface area contributed by atoms with E-state index in [4.69, 9.17) is 10.3 Å². The number of fused-ring (bicyclic) bond motifs is 1. The van der Waals surface area contributed by atoms with Gasteiger partial charge in [-0.3, -0.25) is 4.52 Å². The van der Waals surface area contributed by atoms with Gasteiger partial charge in [0.25, 0.3) is 6.20 Å². The highest BCUT2D eigenvalue weighted by molar-refractivity contribution is 7.21. The minimum Gasteiger partial charge on any atom is -0.857 e. The monoisotopic (exact) mass is 331 g/mol. The summed E-state index contributed by atoms with van der Waals surface area (Å²) in [5.41, 5.74) is 7.51. The molecule has 0 aliphatic carbocycles. The molecule has 0 fully saturated rings. The number of aromatic nitrogens is 3. The first-order valence-corrected chi connectivity index (χ1v) is 8.16. The molecule has 120 valence electrons. The van der Waals surface area contributed by atoms with Crippen LogP contribution in [0.3, 0.4) is 0 Å². The van der Waals surface area contributed by atoms with Gasteiger partial charge in [0.2, 0.25) is 0 Å². The minimum absolute atomic E-state index is 0.144. The van der Waals surface area contributed by atoms with E-state index < -0.39 is 5.90 Å². The van der Waals surface area contributed by atoms with Crippen LogP contribution in [-0.2, 0) is 13.5 Å². The fraction of sp³-hybridized carbons (Fsp3) is 0.333. The molecule has 0 amide bonds. The van der Waals surface area contributed by atoms with Gasteiger partial charge in [-0.15, -0.1) is 11.3 Å². The normalized spacial score (nSPS) is 12.2. The van der Waals surface area contributed by atoms with Gasteiger partial charge in [0.1, 0.15) is 4.83 Å². The van der Waals surface area contributed by atoms with Crippen molar-refractivity contribution in [3.63, 3.8) is 0 Å². The zero-order chi connectivity index (χ0) is 16.4. The number of aryl methyl sites for hydroxylation is 2. The van der Waals surface area contributed by atoms with E-state index in [-0.39, 0.29) is 5.88 Å². The van der Waals surface area contributed by atoms with Gasteiger partial charge in [-0.05, 0) is 25.0 Å². The predicted octanol–water partition coefficient (Wildman–Crippen LogP) is 1.47. The molecule has 0 aromatic carbocycles. The summed E-state index contributed by atoms with van der Waals surface area (Å²) in [4.78, 5) is 9.62. The molecular weight excluding hydrogens is 314 g/mol. The number of pyridine rings is 1. The lowest BCUT2D eigenvalue weighted by molar-refractivity contribution is -0.739. The van der Waals surface area contributed by atoms with E-state index in [1.54, 1.807) is 7.05 Å². The maximum Gasteiger partial charge on any atom is 0.320 e. The largest absolute Gasteiger partial charge is 0.857 e. The number of aliphatic imine (C=N–C) groups is 1. The molecule has 0 spiro atoms. The average molecular weight is 331 g/mol. The topological polar surface area (TPSA) is 104 Å². The van der Waals surface area contributed by atoms with Crippen molar-refractivity contribution in [1.82, 2.24) is 10.3 Å². The molecule has 0 radical (unpaired) electrons. The van der Waals surface area contributed by atoms with Crippen molar-refractivity contribution in [2.75, 3.05) is 5.73 Å². The molecule has 0 atom stereocenters. The highest BCUT2D eigenvalue weighted by atomic mass is 32.1. The predicted molar refractivity (Wildman–Crippen MR) is 86.5 cm³/mol. The molecule has 0 bridgehead atoms. The maximum atomic E-state index is 12.3. The van der Waals surface area contributed by atoms with Crippen LogP contribution in [-0.4, -0.2) is 16.2 Å². The Kier molecular flexibility index (Phi) is 4.24. The fourth-order valence-electron chi connectivity index (χ4n) is 2.20. The van der Waals surface area contributed by atoms with Crippen molar-refractivity contribution >= 4 is 39.0 Å². The van der Waals surface area contributed by atoms with E-state index in [0.29, 0.717) is 10.6 Å². The Morgan fingerprint density at radius 2 is 2.30 bits per heavy atom. The summed E-state index contributed by atoms with van der Waals surface area (Å²) in [7, 11) is 1.68. The van der Waals surface area contributed by atoms with Gasteiger partial charge in [-0.2, -0.15) is 0 Å². The number of nitrogen functional groups attached to an aromatic ring is 1. The van der Waals surface area contributed by atoms with E-state index in [1.807, 2.05) is 12.1 Å². The van der Waals surface area contributed by atoms with Crippen molar-refractivity contribution in [3.8, 4) is 0 Å². The smallest absolute Gasteiger partial charge is 0.320 e. The van der Waals surface area contributed by atoms with Crippen molar-refractivity contribution in [3.05, 3.63) is 28.9 Å². The third-order valence-electron chi connectivity index (χ3n) is 3.40. The second-order valence-electron chi connectivity index (χ2n) is 5.23. The van der Waals surface area contributed by atoms with Crippen LogP contribution < -0.4 is 15.5 Å². The van der Waals surface area contributed by atoms with Crippen LogP contribution in [0.4, 0.5) is 11.6 Å². The zero-order valence-corrected chi connectivity index (χ0v) is 13.8. The highest BCUT2D eigenvalue weighted by Gasteiger charge is 2.13. The molecule has 0 aliphatic rings. The second-order valence-corrected chi connectivity index (χ2v) is 6.23. The summed E-state index contributed by atoms with van der Waals surface area (Å²) in [5.74, 6) is -0.302. The molecule has 3 rings (SSSR count). The first kappa shape index (κ1) is 15.4. The van der Waals surface area contributed by atoms with Crippen LogP contribution >= 0.6 is 11.3 Å². The van der Waals surface area contributed by atoms with Gasteiger partial charge >= 0.3 is 5.88 Å². The van der Waals surface area contributed by atoms with Gasteiger partial charge in [0.05, 0.1) is 10.6 Å². The quantitative estimate of drug-likeness (QED) is 0.433. The highest BCUT2D eigenvalue weighted by Crippen LogP contribution is 2.33. The fourth-order valence-corrected chi connectivity index (χ4v) is 3.20. The summed E-state index contributed by atoms with van der Waals surface area (Å²) >= 11 is 1.26. The van der Waals surface area contributed by atoms with E-state index in [9.17, 15) is 5.11 Å². The summed E-state index contributed by atoms with van der Waals surface area (Å²) in [6.07, 6.45) is 4.64. The molecule has 3 heterocycles. The van der Waals surface area contributed by atoms with Gasteiger partial charge in [-0.1, -0.05) is 18.0 Å². The SMILES string of the molecule is CCCCc1ccc2c(N)c(/C([O-])=N/c3c[n+](C)no3)sc2n1. The molecule has 7 nitrogen and oxygen atoms in total. The third kappa shape index (κ3) is 3.16. The van der Waals surface area contributed by atoms with Crippen LogP contribution in [0.15, 0.2) is 27.8 Å². The lowest BCUT2D eigenvalue weighted by Crippen LogP contribution is -2.27. The molecule has 3 aromatic heterocycles. The lowest BCUT2D eigenvalue weighted by Gasteiger charge is -2.06. The summed E-state index contributed by atoms with van der Waals surface area (Å²) in [6, 6.07) is 3.88. The first-order chi connectivity index (χ1) is 11.1. The molecule has 0 saturated heterocycles. The van der Waals surface area contributed by atoms with E-state index in [0.717, 1.165) is 35.2 Å². The number of unbranched alkanes of at least 4 members (excludes halogenated alkanes) is 1. The van der Waals surface area contributed by atoms with Crippen LogP contribution in [0.25, 0.3) is 10.2 Å². The van der Waals surface area contributed by atoms with Gasteiger partial charge < -0.3 is 10.8 Å². The number of rotatable bonds is 5. The molecular formula is C15H17N5O2S. The van der Waals surface area contributed by atoms with E-state index in [1.165, 1.54) is 22.2 Å². The van der Waals surface area contributed by atoms with Gasteiger partial charge in [0, 0.05) is 17.0 Å². The molecule has 2 N–H and O–H groups in total. The Bertz CT molecular complexity index is 868. The lowest BCUT2D eigenvalue weighted by atomic mass is 10.1. The molecule has 3 aromatic rings. The Morgan fingerprint density at radius 3 is 3.00 bits per heavy atom. The van der Waals surface area contributed by atoms with Gasteiger partial charge in [0.15, 0.2) is 12.3 Å². The van der Waals surface area contributed by atoms with Gasteiger partial charge in [-0.25, -0.2) is 9.98 Å². The number of nitrogens with zero attached hydrogens (tertiary/aromatic N) is 4. The number of anilines is 1. The van der Waals surface area contributed by atoms with Crippen LogP contribution in [0, 0.1) is 0 Å². The Balaban J connectivity index is 1.97. The number of hydrogen-bond acceptors (Lipinski definition) is 7. The molecule has 0 aliphatic heterocycles. The second kappa shape index (κ2) is 6.33. The van der Waals surface area contributed by atoms with Crippen molar-refractivity contribution in [1.29, 1.82) is 0 Å². The van der Waals surface area contributed by atoms with Crippen molar-refractivity contribution in [2.24, 2.45) is 12.0 Å². The van der Waals surface area contributed by atoms with E-state index in [2.05, 4.69) is 22.2 Å². The number of thiophene rings is 1. The Morgan fingerprint density at radius 1 is 1.48 bits per heavy atom. The Labute approximate surface area is 137 Å². The van der Waals surface area contributed by atoms with E-state index >= 15 is 0 Å². The Hall–Kier alpha value is -2.48. The standard InChI is InChI=1S/C15H17N5O2S/c1-3-4-5-9-6-7-10-12(16)13(23-15(10)17-9)14(21)18-11-8-20(2)19-22-11/h6-8H,3-5H2,1-2H3,(H2-,16,18,19,21). The van der Waals surface area contributed by atoms with Crippen LogP contribution in [0.5, 0.6) is 0 Å². The molecule has 23 heavy (non-hydrogen) atoms. The molecule has 0 saturated carbocycles. The third-order valence-corrected chi connectivity index (χ3v) is 4.51. The van der Waals surface area contributed by atoms with Crippen LogP contribution in [0.2, 0.25) is 0 Å². The summed E-state index contributed by atoms with van der Waals surface area (Å²) < 4.78 is 6.34. The number of nitrogens with two attached hydrogens (primary N) is 1. The zero-order valence-electron chi connectivity index (χ0n) is 12.9. The molecule has 0 unspecified atom stereocenters. The average Bonchev–Trinajstić information content (AvgIpc) is 3.08. The van der Waals surface area contributed by atoms with Crippen molar-refractivity contribution in [2.45, 2.75) is 26.2 Å². The summed E-state index contributed by atoms with van der Waals surface area (Å²) in [6.45, 7) is 2.14. The minimum atomic E-state index is -0.447. The number of hydrogen-bond donors (Lipinski definition) is 1. The molecule has 8 heteroatoms. The summed E-state index contributed by atoms with van der Waals surface area (Å²) in [5, 5.41) is 16.7. The first-order valence-electron chi connectivity index (χ1n) is 7.35. The van der Waals surface area contributed by atoms with Crippen molar-refractivity contribution < 1.29 is 14.3 Å². The van der Waals surface area contributed by atoms with Crippen LogP contribution in [0.1, 0.15) is 30.3 Å².